The molecule has 1 aromatic carbocycles. The number of rotatable bonds is 5. The van der Waals surface area contributed by atoms with Gasteiger partial charge in [0.2, 0.25) is 0 Å². The zero-order valence-corrected chi connectivity index (χ0v) is 17.0. The van der Waals surface area contributed by atoms with E-state index in [4.69, 9.17) is 0 Å². The van der Waals surface area contributed by atoms with E-state index in [1.165, 1.54) is 6.42 Å². The van der Waals surface area contributed by atoms with Gasteiger partial charge in [-0.3, -0.25) is 4.90 Å². The summed E-state index contributed by atoms with van der Waals surface area (Å²) in [5.74, 6) is 1.43. The van der Waals surface area contributed by atoms with Gasteiger partial charge in [-0.1, -0.05) is 26.0 Å². The van der Waals surface area contributed by atoms with Crippen LogP contribution in [0.15, 0.2) is 24.3 Å². The van der Waals surface area contributed by atoms with E-state index < -0.39 is 0 Å². The van der Waals surface area contributed by atoms with Gasteiger partial charge in [-0.15, -0.1) is 11.3 Å². The van der Waals surface area contributed by atoms with Gasteiger partial charge in [0.15, 0.2) is 0 Å². The molecule has 3 rings (SSSR count). The fourth-order valence-corrected chi connectivity index (χ4v) is 4.69. The molecule has 1 aliphatic rings. The van der Waals surface area contributed by atoms with E-state index >= 15 is 0 Å². The molecule has 1 saturated heterocycles. The monoisotopic (exact) mass is 374 g/mol. The van der Waals surface area contributed by atoms with Crippen molar-refractivity contribution in [3.63, 3.8) is 0 Å². The van der Waals surface area contributed by atoms with E-state index in [2.05, 4.69) is 54.3 Å². The summed E-state index contributed by atoms with van der Waals surface area (Å²) < 4.78 is 1.15. The minimum atomic E-state index is -0.129. The molecule has 0 radical (unpaired) electrons. The Hall–Kier alpha value is -1.66. The summed E-state index contributed by atoms with van der Waals surface area (Å²) in [7, 11) is 0. The number of fused-ring (bicyclic) bond motifs is 1. The Balaban J connectivity index is 1.48. The predicted molar refractivity (Wildman–Crippen MR) is 108 cm³/mol. The summed E-state index contributed by atoms with van der Waals surface area (Å²) in [6.07, 6.45) is 1.29. The second-order valence-corrected chi connectivity index (χ2v) is 9.39. The fourth-order valence-electron chi connectivity index (χ4n) is 3.78. The summed E-state index contributed by atoms with van der Waals surface area (Å²) in [5.41, 5.74) is 0.944. The van der Waals surface area contributed by atoms with Gasteiger partial charge in [0, 0.05) is 25.2 Å². The number of likely N-dealkylation sites (tertiary alicyclic amines) is 1. The maximum atomic E-state index is 12.2. The topological polar surface area (TPSA) is 57.3 Å². The highest BCUT2D eigenvalue weighted by Crippen LogP contribution is 2.27. The van der Waals surface area contributed by atoms with E-state index in [1.807, 2.05) is 18.2 Å². The Labute approximate surface area is 160 Å². The first kappa shape index (κ1) is 19.1. The first-order valence-corrected chi connectivity index (χ1v) is 10.3. The van der Waals surface area contributed by atoms with Crippen molar-refractivity contribution < 1.29 is 4.79 Å². The second kappa shape index (κ2) is 7.92. The van der Waals surface area contributed by atoms with Crippen LogP contribution in [0.2, 0.25) is 0 Å². The van der Waals surface area contributed by atoms with Crippen LogP contribution in [0, 0.1) is 11.8 Å². The van der Waals surface area contributed by atoms with E-state index in [0.29, 0.717) is 24.9 Å². The average molecular weight is 375 g/mol. The lowest BCUT2D eigenvalue weighted by molar-refractivity contribution is 0.0472. The van der Waals surface area contributed by atoms with Crippen molar-refractivity contribution in [1.29, 1.82) is 0 Å². The third-order valence-corrected chi connectivity index (χ3v) is 6.18. The molecule has 26 heavy (non-hydrogen) atoms. The molecule has 2 aromatic rings. The Morgan fingerprint density at radius 1 is 1.23 bits per heavy atom. The van der Waals surface area contributed by atoms with Gasteiger partial charge in [0.25, 0.3) is 0 Å². The normalized spacial score (nSPS) is 21.7. The van der Waals surface area contributed by atoms with Crippen molar-refractivity contribution in [2.75, 3.05) is 19.6 Å². The number of hydrogen-bond donors (Lipinski definition) is 2. The van der Waals surface area contributed by atoms with Crippen LogP contribution >= 0.6 is 11.3 Å². The van der Waals surface area contributed by atoms with Crippen LogP contribution in [-0.2, 0) is 6.54 Å². The van der Waals surface area contributed by atoms with E-state index in [1.54, 1.807) is 11.3 Å². The molecule has 2 heterocycles. The first-order chi connectivity index (χ1) is 12.3. The summed E-state index contributed by atoms with van der Waals surface area (Å²) in [6.45, 7) is 12.4. The number of nitrogens with one attached hydrogen (secondary N) is 2. The molecule has 0 saturated carbocycles. The first-order valence-electron chi connectivity index (χ1n) is 9.44. The van der Waals surface area contributed by atoms with Crippen molar-refractivity contribution in [3.05, 3.63) is 29.3 Å². The van der Waals surface area contributed by atoms with Crippen molar-refractivity contribution in [1.82, 2.24) is 20.5 Å². The molecule has 0 bridgehead atoms. The van der Waals surface area contributed by atoms with Gasteiger partial charge < -0.3 is 10.6 Å². The zero-order valence-electron chi connectivity index (χ0n) is 16.2. The van der Waals surface area contributed by atoms with Crippen LogP contribution < -0.4 is 10.6 Å². The highest BCUT2D eigenvalue weighted by atomic mass is 32.1. The minimum absolute atomic E-state index is 0.0455. The molecule has 1 aromatic heterocycles. The maximum Gasteiger partial charge on any atom is 0.315 e. The number of amides is 2. The number of carbonyl (C=O) groups is 1. The molecule has 2 amide bonds. The minimum Gasteiger partial charge on any atom is -0.336 e. The van der Waals surface area contributed by atoms with Gasteiger partial charge >= 0.3 is 6.03 Å². The standard InChI is InChI=1S/C20H30N4OS/c1-14-9-15(2)12-24(11-14)20(3,4)13-22-19(25)21-10-18-23-16-7-5-6-8-17(16)26-18/h5-8,14-15H,9-13H2,1-4H3,(H2,21,22,25). The number of carbonyl (C=O) groups excluding carboxylic acids is 1. The number of piperidine rings is 1. The molecule has 6 heteroatoms. The van der Waals surface area contributed by atoms with Crippen molar-refractivity contribution in [3.8, 4) is 0 Å². The van der Waals surface area contributed by atoms with Crippen LogP contribution in [-0.4, -0.2) is 41.1 Å². The number of nitrogens with zero attached hydrogens (tertiary/aromatic N) is 2. The maximum absolute atomic E-state index is 12.2. The van der Waals surface area contributed by atoms with Crippen LogP contribution in [0.5, 0.6) is 0 Å². The molecule has 0 spiro atoms. The molecular weight excluding hydrogens is 344 g/mol. The SMILES string of the molecule is CC1CC(C)CN(C(C)(C)CNC(=O)NCc2nc3ccccc3s2)C1. The molecule has 5 nitrogen and oxygen atoms in total. The molecule has 1 aliphatic heterocycles. The second-order valence-electron chi connectivity index (χ2n) is 8.28. The summed E-state index contributed by atoms with van der Waals surface area (Å²) >= 11 is 1.62. The van der Waals surface area contributed by atoms with Crippen LogP contribution in [0.3, 0.4) is 0 Å². The summed E-state index contributed by atoms with van der Waals surface area (Å²) in [5, 5.41) is 6.90. The molecule has 1 fully saturated rings. The van der Waals surface area contributed by atoms with E-state index in [-0.39, 0.29) is 11.6 Å². The summed E-state index contributed by atoms with van der Waals surface area (Å²) in [4.78, 5) is 19.3. The zero-order chi connectivity index (χ0) is 18.7. The Morgan fingerprint density at radius 2 is 1.92 bits per heavy atom. The van der Waals surface area contributed by atoms with Gasteiger partial charge in [0.1, 0.15) is 5.01 Å². The van der Waals surface area contributed by atoms with Gasteiger partial charge in [-0.05, 0) is 44.2 Å². The lowest BCUT2D eigenvalue weighted by Gasteiger charge is -2.45. The smallest absolute Gasteiger partial charge is 0.315 e. The number of para-hydroxylation sites is 1. The molecule has 2 atom stereocenters. The molecule has 142 valence electrons. The summed E-state index contributed by atoms with van der Waals surface area (Å²) in [6, 6.07) is 7.92. The van der Waals surface area contributed by atoms with Crippen LogP contribution in [0.4, 0.5) is 4.79 Å². The Morgan fingerprint density at radius 3 is 2.62 bits per heavy atom. The molecular formula is C20H30N4OS. The highest BCUT2D eigenvalue weighted by molar-refractivity contribution is 7.18. The van der Waals surface area contributed by atoms with Crippen molar-refractivity contribution >= 4 is 27.6 Å². The number of urea groups is 1. The Bertz CT molecular complexity index is 714. The van der Waals surface area contributed by atoms with E-state index in [0.717, 1.165) is 28.3 Å². The third-order valence-electron chi connectivity index (χ3n) is 5.14. The number of hydrogen-bond acceptors (Lipinski definition) is 4. The fraction of sp³-hybridized carbons (Fsp3) is 0.600. The molecule has 0 aliphatic carbocycles. The molecule has 2 unspecified atom stereocenters. The number of benzene rings is 1. The lowest BCUT2D eigenvalue weighted by atomic mass is 9.88. The van der Waals surface area contributed by atoms with Gasteiger partial charge in [-0.25, -0.2) is 9.78 Å². The van der Waals surface area contributed by atoms with Crippen LogP contribution in [0.1, 0.15) is 39.1 Å². The predicted octanol–water partition coefficient (Wildman–Crippen LogP) is 3.85. The quantitative estimate of drug-likeness (QED) is 0.836. The number of aromatic nitrogens is 1. The lowest BCUT2D eigenvalue weighted by Crippen LogP contribution is -2.56. The molecule has 2 N–H and O–H groups in total. The van der Waals surface area contributed by atoms with Gasteiger partial charge in [0.05, 0.1) is 16.8 Å². The number of thiazole rings is 1. The Kier molecular flexibility index (Phi) is 5.82. The highest BCUT2D eigenvalue weighted by Gasteiger charge is 2.32. The van der Waals surface area contributed by atoms with Crippen molar-refractivity contribution in [2.24, 2.45) is 11.8 Å². The van der Waals surface area contributed by atoms with Crippen molar-refractivity contribution in [2.45, 2.75) is 46.2 Å². The largest absolute Gasteiger partial charge is 0.336 e. The van der Waals surface area contributed by atoms with Gasteiger partial charge in [-0.2, -0.15) is 0 Å². The van der Waals surface area contributed by atoms with E-state index in [9.17, 15) is 4.79 Å². The third kappa shape index (κ3) is 4.74. The van der Waals surface area contributed by atoms with Crippen LogP contribution in [0.25, 0.3) is 10.2 Å². The average Bonchev–Trinajstić information content (AvgIpc) is 3.00.